The summed E-state index contributed by atoms with van der Waals surface area (Å²) in [5, 5.41) is 17.6. The highest BCUT2D eigenvalue weighted by Gasteiger charge is 2.38. The van der Waals surface area contributed by atoms with E-state index in [-0.39, 0.29) is 37.9 Å². The van der Waals surface area contributed by atoms with E-state index >= 15 is 0 Å². The van der Waals surface area contributed by atoms with E-state index < -0.39 is 16.1 Å². The molecule has 10 nitrogen and oxygen atoms in total. The van der Waals surface area contributed by atoms with Gasteiger partial charge in [0, 0.05) is 13.1 Å². The second-order valence-electron chi connectivity index (χ2n) is 9.34. The molecule has 1 fully saturated rings. The van der Waals surface area contributed by atoms with Gasteiger partial charge in [-0.2, -0.15) is 4.31 Å². The Balaban J connectivity index is 1.28. The van der Waals surface area contributed by atoms with Crippen LogP contribution in [0.25, 0.3) is 11.1 Å². The van der Waals surface area contributed by atoms with Crippen molar-refractivity contribution < 1.29 is 22.7 Å². The summed E-state index contributed by atoms with van der Waals surface area (Å²) in [5.41, 5.74) is 4.09. The van der Waals surface area contributed by atoms with E-state index in [2.05, 4.69) is 10.3 Å². The largest absolute Gasteiger partial charge is 0.467 e. The molecule has 1 aliphatic rings. The Morgan fingerprint density at radius 1 is 1.00 bits per heavy atom. The third-order valence-corrected chi connectivity index (χ3v) is 8.51. The molecule has 0 spiro atoms. The van der Waals surface area contributed by atoms with Crippen molar-refractivity contribution in [3.8, 4) is 11.1 Å². The Kier molecular flexibility index (Phi) is 7.41. The summed E-state index contributed by atoms with van der Waals surface area (Å²) in [7, 11) is -3.68. The van der Waals surface area contributed by atoms with Gasteiger partial charge in [-0.05, 0) is 47.4 Å². The molecule has 11 heteroatoms. The Labute approximate surface area is 221 Å². The summed E-state index contributed by atoms with van der Waals surface area (Å²) in [4.78, 5) is 14.9. The van der Waals surface area contributed by atoms with Crippen LogP contribution in [0, 0.1) is 0 Å². The first-order chi connectivity index (χ1) is 18.3. The normalized spacial score (nSPS) is 18.0. The summed E-state index contributed by atoms with van der Waals surface area (Å²) in [6.07, 6.45) is 3.32. The maximum atomic E-state index is 13.3. The lowest BCUT2D eigenvalue weighted by atomic mass is 10.0. The number of sulfonamides is 1. The van der Waals surface area contributed by atoms with E-state index in [1.165, 1.54) is 9.21 Å². The van der Waals surface area contributed by atoms with Gasteiger partial charge in [0.25, 0.3) is 0 Å². The molecule has 1 aliphatic heterocycles. The van der Waals surface area contributed by atoms with Crippen LogP contribution in [0.3, 0.4) is 0 Å². The van der Waals surface area contributed by atoms with Crippen LogP contribution in [-0.2, 0) is 41.1 Å². The molecule has 1 N–H and O–H groups in total. The third kappa shape index (κ3) is 5.69. The van der Waals surface area contributed by atoms with E-state index in [1.807, 2.05) is 54.6 Å². The molecule has 3 heterocycles. The lowest BCUT2D eigenvalue weighted by Gasteiger charge is -2.26. The molecule has 5 rings (SSSR count). The second-order valence-corrected chi connectivity index (χ2v) is 11.4. The molecular formula is C27H29N5O5S. The number of benzene rings is 2. The number of carbonyl (C=O) groups excluding carboxylic acids is 1. The van der Waals surface area contributed by atoms with E-state index in [0.29, 0.717) is 12.2 Å². The van der Waals surface area contributed by atoms with Crippen molar-refractivity contribution in [2.24, 2.45) is 0 Å². The number of aromatic nitrogens is 3. The molecule has 1 amide bonds. The van der Waals surface area contributed by atoms with Gasteiger partial charge in [-0.1, -0.05) is 47.7 Å². The highest BCUT2D eigenvalue weighted by molar-refractivity contribution is 7.89. The maximum absolute atomic E-state index is 13.3. The van der Waals surface area contributed by atoms with Crippen molar-refractivity contribution in [2.75, 3.05) is 12.3 Å². The van der Waals surface area contributed by atoms with Gasteiger partial charge in [0.15, 0.2) is 0 Å². The maximum Gasteiger partial charge on any atom is 0.241 e. The van der Waals surface area contributed by atoms with Gasteiger partial charge >= 0.3 is 0 Å². The molecule has 1 unspecified atom stereocenters. The number of nitrogens with zero attached hydrogens (tertiary/aromatic N) is 5. The van der Waals surface area contributed by atoms with Crippen LogP contribution in [-0.4, -0.2) is 62.0 Å². The monoisotopic (exact) mass is 535 g/mol. The van der Waals surface area contributed by atoms with Gasteiger partial charge in [-0.25, -0.2) is 13.1 Å². The van der Waals surface area contributed by atoms with E-state index in [1.54, 1.807) is 30.1 Å². The van der Waals surface area contributed by atoms with Gasteiger partial charge < -0.3 is 14.4 Å². The minimum atomic E-state index is -3.68. The van der Waals surface area contributed by atoms with E-state index in [9.17, 15) is 18.3 Å². The predicted octanol–water partition coefficient (Wildman–Crippen LogP) is 2.64. The summed E-state index contributed by atoms with van der Waals surface area (Å²) in [5.74, 6) is 0.286. The zero-order chi connectivity index (χ0) is 26.7. The van der Waals surface area contributed by atoms with Gasteiger partial charge in [0.2, 0.25) is 15.9 Å². The Hall–Kier alpha value is -3.80. The summed E-state index contributed by atoms with van der Waals surface area (Å²) >= 11 is 0. The predicted molar refractivity (Wildman–Crippen MR) is 140 cm³/mol. The fraction of sp³-hybridized carbons (Fsp3) is 0.296. The number of aliphatic hydroxyl groups is 1. The topological polar surface area (TPSA) is 122 Å². The van der Waals surface area contributed by atoms with Crippen LogP contribution in [0.5, 0.6) is 0 Å². The highest BCUT2D eigenvalue weighted by Crippen LogP contribution is 2.24. The quantitative estimate of drug-likeness (QED) is 0.368. The number of rotatable bonds is 8. The molecule has 4 aromatic rings. The first-order valence-corrected chi connectivity index (χ1v) is 13.9. The van der Waals surface area contributed by atoms with Crippen LogP contribution >= 0.6 is 0 Å². The van der Waals surface area contributed by atoms with Gasteiger partial charge in [-0.3, -0.25) is 4.79 Å². The average Bonchev–Trinajstić information content (AvgIpc) is 3.60. The van der Waals surface area contributed by atoms with Crippen LogP contribution < -0.4 is 0 Å². The van der Waals surface area contributed by atoms with Gasteiger partial charge in [-0.15, -0.1) is 5.10 Å². The van der Waals surface area contributed by atoms with Crippen LogP contribution in [0.1, 0.15) is 29.5 Å². The van der Waals surface area contributed by atoms with Crippen molar-refractivity contribution in [3.05, 3.63) is 95.7 Å². The SMILES string of the molecule is CC1C(=O)N(Cc2cn(Cc3ccco3)nn2)CCS(=O)(=O)N1Cc1ccc(-c2cccc(CO)c2)cc1. The summed E-state index contributed by atoms with van der Waals surface area (Å²) < 4.78 is 34.6. The van der Waals surface area contributed by atoms with Crippen LogP contribution in [0.2, 0.25) is 0 Å². The summed E-state index contributed by atoms with van der Waals surface area (Å²) in [6, 6.07) is 18.0. The Morgan fingerprint density at radius 3 is 2.55 bits per heavy atom. The fourth-order valence-corrected chi connectivity index (χ4v) is 6.15. The van der Waals surface area contributed by atoms with Crippen LogP contribution in [0.15, 0.2) is 77.5 Å². The van der Waals surface area contributed by atoms with Crippen LogP contribution in [0.4, 0.5) is 0 Å². The van der Waals surface area contributed by atoms with Crippen molar-refractivity contribution in [2.45, 2.75) is 39.2 Å². The number of aliphatic hydroxyl groups excluding tert-OH is 1. The molecule has 0 radical (unpaired) electrons. The number of carbonyl (C=O) groups is 1. The molecule has 1 atom stereocenters. The average molecular weight is 536 g/mol. The van der Waals surface area contributed by atoms with E-state index in [4.69, 9.17) is 4.42 Å². The minimum absolute atomic E-state index is 0.0367. The molecule has 2 aromatic heterocycles. The molecule has 0 bridgehead atoms. The zero-order valence-electron chi connectivity index (χ0n) is 21.0. The zero-order valence-corrected chi connectivity index (χ0v) is 21.8. The third-order valence-electron chi connectivity index (χ3n) is 6.65. The molecule has 38 heavy (non-hydrogen) atoms. The Bertz CT molecular complexity index is 1500. The molecule has 0 aliphatic carbocycles. The fourth-order valence-electron chi connectivity index (χ4n) is 4.55. The van der Waals surface area contributed by atoms with Gasteiger partial charge in [0.05, 0.1) is 31.4 Å². The smallest absolute Gasteiger partial charge is 0.241 e. The van der Waals surface area contributed by atoms with Crippen molar-refractivity contribution in [3.63, 3.8) is 0 Å². The lowest BCUT2D eigenvalue weighted by Crippen LogP contribution is -2.45. The summed E-state index contributed by atoms with van der Waals surface area (Å²) in [6.45, 7) is 2.35. The second kappa shape index (κ2) is 10.9. The van der Waals surface area contributed by atoms with Gasteiger partial charge in [0.1, 0.15) is 24.0 Å². The van der Waals surface area contributed by atoms with E-state index in [0.717, 1.165) is 28.0 Å². The molecule has 198 valence electrons. The highest BCUT2D eigenvalue weighted by atomic mass is 32.2. The minimum Gasteiger partial charge on any atom is -0.467 e. The van der Waals surface area contributed by atoms with Crippen molar-refractivity contribution >= 4 is 15.9 Å². The van der Waals surface area contributed by atoms with Crippen molar-refractivity contribution in [1.29, 1.82) is 0 Å². The molecule has 2 aromatic carbocycles. The first kappa shape index (κ1) is 25.8. The van der Waals surface area contributed by atoms with Crippen molar-refractivity contribution in [1.82, 2.24) is 24.2 Å². The molecule has 1 saturated heterocycles. The molecular weight excluding hydrogens is 506 g/mol. The standard InChI is InChI=1S/C27H29N5O5S/c1-20-27(34)30(16-25-17-31(29-28-25)18-26-6-3-12-37-26)11-13-38(35,36)32(20)15-21-7-9-23(10-8-21)24-5-2-4-22(14-24)19-33/h2-10,12,14,17,20,33H,11,13,15-16,18-19H2,1H3. The number of furan rings is 1. The lowest BCUT2D eigenvalue weighted by molar-refractivity contribution is -0.134. The number of hydrogen-bond donors (Lipinski definition) is 1. The first-order valence-electron chi connectivity index (χ1n) is 12.3. The molecule has 0 saturated carbocycles. The number of amides is 1. The number of hydrogen-bond acceptors (Lipinski definition) is 7. The Morgan fingerprint density at radius 2 is 1.82 bits per heavy atom.